The van der Waals surface area contributed by atoms with Crippen molar-refractivity contribution < 1.29 is 5.11 Å². The maximum absolute atomic E-state index is 9.59. The zero-order valence-electron chi connectivity index (χ0n) is 9.16. The number of hydrogen-bond donors (Lipinski definition) is 2. The average molecular weight is 230 g/mol. The molecule has 0 amide bonds. The molecule has 0 saturated carbocycles. The number of nitrogens with zero attached hydrogens (tertiary/aromatic N) is 2. The third kappa shape index (κ3) is 4.01. The number of halogens is 1. The fourth-order valence-electron chi connectivity index (χ4n) is 1.07. The van der Waals surface area contributed by atoms with E-state index in [2.05, 4.69) is 15.3 Å². The molecule has 0 saturated heterocycles. The van der Waals surface area contributed by atoms with Crippen LogP contribution >= 0.6 is 11.6 Å². The van der Waals surface area contributed by atoms with E-state index in [1.807, 2.05) is 13.8 Å². The van der Waals surface area contributed by atoms with Crippen molar-refractivity contribution in [1.82, 2.24) is 9.97 Å². The predicted molar refractivity (Wildman–Crippen MR) is 61.1 cm³/mol. The Morgan fingerprint density at radius 2 is 2.13 bits per heavy atom. The molecule has 0 aliphatic carbocycles. The topological polar surface area (TPSA) is 58.0 Å². The molecule has 15 heavy (non-hydrogen) atoms. The van der Waals surface area contributed by atoms with Gasteiger partial charge in [-0.05, 0) is 12.8 Å². The molecule has 0 aromatic carbocycles. The quantitative estimate of drug-likeness (QED) is 0.774. The number of rotatable bonds is 4. The summed E-state index contributed by atoms with van der Waals surface area (Å²) in [7, 11) is 0. The molecule has 1 heterocycles. The summed E-state index contributed by atoms with van der Waals surface area (Å²) in [5.41, 5.74) is 0. The van der Waals surface area contributed by atoms with Gasteiger partial charge in [-0.25, -0.2) is 9.97 Å². The van der Waals surface area contributed by atoms with Crippen LogP contribution in [0.15, 0.2) is 6.07 Å². The van der Waals surface area contributed by atoms with Gasteiger partial charge < -0.3 is 10.4 Å². The summed E-state index contributed by atoms with van der Waals surface area (Å²) < 4.78 is 0. The van der Waals surface area contributed by atoms with Crippen LogP contribution in [0.3, 0.4) is 0 Å². The largest absolute Gasteiger partial charge is 0.391 e. The fourth-order valence-corrected chi connectivity index (χ4v) is 1.29. The molecular formula is C10H16ClN3O. The van der Waals surface area contributed by atoms with E-state index in [1.165, 1.54) is 0 Å². The molecule has 0 fully saturated rings. The van der Waals surface area contributed by atoms with Crippen LogP contribution in [0.2, 0.25) is 5.15 Å². The minimum Gasteiger partial charge on any atom is -0.391 e. The second-order valence-corrected chi connectivity index (χ2v) is 4.20. The van der Waals surface area contributed by atoms with Crippen molar-refractivity contribution in [2.24, 2.45) is 5.92 Å². The number of aliphatic hydroxyl groups is 1. The van der Waals surface area contributed by atoms with Crippen molar-refractivity contribution in [3.8, 4) is 0 Å². The molecule has 84 valence electrons. The normalized spacial score (nSPS) is 12.9. The first kappa shape index (κ1) is 12.2. The average Bonchev–Trinajstić information content (AvgIpc) is 2.12. The Morgan fingerprint density at radius 3 is 2.67 bits per heavy atom. The molecule has 4 nitrogen and oxygen atoms in total. The number of aliphatic hydroxyl groups excluding tert-OH is 1. The van der Waals surface area contributed by atoms with E-state index in [9.17, 15) is 5.11 Å². The molecule has 0 aliphatic rings. The van der Waals surface area contributed by atoms with Gasteiger partial charge in [-0.15, -0.1) is 0 Å². The highest BCUT2D eigenvalue weighted by Crippen LogP contribution is 2.11. The smallest absolute Gasteiger partial charge is 0.134 e. The summed E-state index contributed by atoms with van der Waals surface area (Å²) in [4.78, 5) is 8.10. The lowest BCUT2D eigenvalue weighted by Gasteiger charge is -2.15. The Morgan fingerprint density at radius 1 is 1.47 bits per heavy atom. The Bertz CT molecular complexity index is 310. The van der Waals surface area contributed by atoms with Crippen LogP contribution in [0.5, 0.6) is 0 Å². The van der Waals surface area contributed by atoms with Gasteiger partial charge in [-0.3, -0.25) is 0 Å². The monoisotopic (exact) mass is 229 g/mol. The van der Waals surface area contributed by atoms with Gasteiger partial charge in [0, 0.05) is 12.6 Å². The minimum atomic E-state index is -0.390. The Labute approximate surface area is 94.7 Å². The van der Waals surface area contributed by atoms with Gasteiger partial charge >= 0.3 is 0 Å². The number of aryl methyl sites for hydroxylation is 1. The van der Waals surface area contributed by atoms with Gasteiger partial charge in [0.25, 0.3) is 0 Å². The summed E-state index contributed by atoms with van der Waals surface area (Å²) in [6.45, 7) is 6.16. The fraction of sp³-hybridized carbons (Fsp3) is 0.600. The van der Waals surface area contributed by atoms with Crippen molar-refractivity contribution in [2.45, 2.75) is 26.9 Å². The van der Waals surface area contributed by atoms with E-state index < -0.39 is 0 Å². The molecule has 0 bridgehead atoms. The summed E-state index contributed by atoms with van der Waals surface area (Å²) in [6.07, 6.45) is -0.390. The first-order valence-electron chi connectivity index (χ1n) is 4.92. The first-order chi connectivity index (χ1) is 6.99. The number of nitrogens with one attached hydrogen (secondary N) is 1. The third-order valence-corrected chi connectivity index (χ3v) is 2.26. The minimum absolute atomic E-state index is 0.218. The Kier molecular flexibility index (Phi) is 4.29. The van der Waals surface area contributed by atoms with Gasteiger partial charge in [0.05, 0.1) is 6.10 Å². The lowest BCUT2D eigenvalue weighted by atomic mass is 10.1. The van der Waals surface area contributed by atoms with Crippen molar-refractivity contribution in [3.63, 3.8) is 0 Å². The number of anilines is 1. The first-order valence-corrected chi connectivity index (χ1v) is 5.30. The van der Waals surface area contributed by atoms with Gasteiger partial charge in [0.2, 0.25) is 0 Å². The molecular weight excluding hydrogens is 214 g/mol. The maximum atomic E-state index is 9.59. The highest BCUT2D eigenvalue weighted by Gasteiger charge is 2.09. The molecule has 0 radical (unpaired) electrons. The number of aromatic nitrogens is 2. The van der Waals surface area contributed by atoms with E-state index in [0.717, 1.165) is 0 Å². The Hall–Kier alpha value is -0.870. The zero-order chi connectivity index (χ0) is 11.4. The lowest BCUT2D eigenvalue weighted by molar-refractivity contribution is 0.138. The lowest BCUT2D eigenvalue weighted by Crippen LogP contribution is -2.25. The van der Waals surface area contributed by atoms with Crippen molar-refractivity contribution >= 4 is 17.4 Å². The molecule has 0 spiro atoms. The van der Waals surface area contributed by atoms with E-state index in [-0.39, 0.29) is 12.0 Å². The SMILES string of the molecule is Cc1nc(Cl)cc(NCC(O)C(C)C)n1. The standard InChI is InChI=1S/C10H16ClN3O/c1-6(2)8(15)5-12-10-4-9(11)13-7(3)14-10/h4,6,8,15H,5H2,1-3H3,(H,12,13,14). The van der Waals surface area contributed by atoms with Crippen LogP contribution in [-0.4, -0.2) is 27.7 Å². The second kappa shape index (κ2) is 5.28. The van der Waals surface area contributed by atoms with Crippen LogP contribution in [0, 0.1) is 12.8 Å². The van der Waals surface area contributed by atoms with Crippen LogP contribution in [0.4, 0.5) is 5.82 Å². The van der Waals surface area contributed by atoms with Gasteiger partial charge in [0.1, 0.15) is 16.8 Å². The van der Waals surface area contributed by atoms with E-state index in [1.54, 1.807) is 13.0 Å². The molecule has 2 N–H and O–H groups in total. The molecule has 0 aliphatic heterocycles. The molecule has 1 atom stereocenters. The summed E-state index contributed by atoms with van der Waals surface area (Å²) in [6, 6.07) is 1.64. The second-order valence-electron chi connectivity index (χ2n) is 3.82. The summed E-state index contributed by atoms with van der Waals surface area (Å²) in [5, 5.41) is 13.0. The molecule has 1 unspecified atom stereocenters. The third-order valence-electron chi connectivity index (χ3n) is 2.07. The van der Waals surface area contributed by atoms with Crippen LogP contribution < -0.4 is 5.32 Å². The van der Waals surface area contributed by atoms with Gasteiger partial charge in [0.15, 0.2) is 0 Å². The van der Waals surface area contributed by atoms with Crippen LogP contribution in [0.1, 0.15) is 19.7 Å². The molecule has 1 rings (SSSR count). The van der Waals surface area contributed by atoms with Gasteiger partial charge in [-0.2, -0.15) is 0 Å². The molecule has 1 aromatic heterocycles. The molecule has 1 aromatic rings. The van der Waals surface area contributed by atoms with E-state index in [4.69, 9.17) is 11.6 Å². The van der Waals surface area contributed by atoms with E-state index >= 15 is 0 Å². The summed E-state index contributed by atoms with van der Waals surface area (Å²) in [5.74, 6) is 1.48. The van der Waals surface area contributed by atoms with Crippen molar-refractivity contribution in [1.29, 1.82) is 0 Å². The highest BCUT2D eigenvalue weighted by atomic mass is 35.5. The van der Waals surface area contributed by atoms with Gasteiger partial charge in [-0.1, -0.05) is 25.4 Å². The zero-order valence-corrected chi connectivity index (χ0v) is 9.91. The van der Waals surface area contributed by atoms with Crippen LogP contribution in [0.25, 0.3) is 0 Å². The highest BCUT2D eigenvalue weighted by molar-refractivity contribution is 6.29. The summed E-state index contributed by atoms with van der Waals surface area (Å²) >= 11 is 5.77. The number of hydrogen-bond acceptors (Lipinski definition) is 4. The maximum Gasteiger partial charge on any atom is 0.134 e. The van der Waals surface area contributed by atoms with Crippen LogP contribution in [-0.2, 0) is 0 Å². The van der Waals surface area contributed by atoms with E-state index in [0.29, 0.717) is 23.3 Å². The van der Waals surface area contributed by atoms with Crippen molar-refractivity contribution in [2.75, 3.05) is 11.9 Å². The van der Waals surface area contributed by atoms with Crippen molar-refractivity contribution in [3.05, 3.63) is 17.0 Å². The predicted octanol–water partition coefficient (Wildman–Crippen LogP) is 1.87. The molecule has 5 heteroatoms. The Balaban J connectivity index is 2.57.